The quantitative estimate of drug-likeness (QED) is 0.806. The third-order valence-electron chi connectivity index (χ3n) is 2.80. The van der Waals surface area contributed by atoms with Crippen LogP contribution < -0.4 is 15.2 Å². The Balaban J connectivity index is 2.33. The van der Waals surface area contributed by atoms with Gasteiger partial charge in [0.1, 0.15) is 13.2 Å². The molecule has 0 amide bonds. The van der Waals surface area contributed by atoms with E-state index in [0.717, 1.165) is 22.6 Å². The van der Waals surface area contributed by atoms with Gasteiger partial charge >= 0.3 is 0 Å². The van der Waals surface area contributed by atoms with Gasteiger partial charge in [-0.25, -0.2) is 0 Å². The van der Waals surface area contributed by atoms with E-state index in [4.69, 9.17) is 15.2 Å². The third kappa shape index (κ3) is 1.99. The minimum absolute atomic E-state index is 0.467. The Kier molecular flexibility index (Phi) is 3.31. The SMILES string of the molecule is Cc1c(C(O)CCN)ccc2c1OCCO2. The zero-order valence-electron chi connectivity index (χ0n) is 9.40. The number of aliphatic hydroxyl groups excluding tert-OH is 1. The maximum atomic E-state index is 9.93. The molecule has 0 aromatic heterocycles. The fourth-order valence-electron chi connectivity index (χ4n) is 1.94. The Hall–Kier alpha value is -1.26. The van der Waals surface area contributed by atoms with Crippen molar-refractivity contribution in [3.8, 4) is 11.5 Å². The lowest BCUT2D eigenvalue weighted by atomic mass is 9.99. The average Bonchev–Trinajstić information content (AvgIpc) is 2.30. The first-order chi connectivity index (χ1) is 7.74. The highest BCUT2D eigenvalue weighted by molar-refractivity contribution is 5.51. The fourth-order valence-corrected chi connectivity index (χ4v) is 1.94. The van der Waals surface area contributed by atoms with Crippen molar-refractivity contribution in [2.45, 2.75) is 19.4 Å². The van der Waals surface area contributed by atoms with Crippen molar-refractivity contribution in [2.24, 2.45) is 5.73 Å². The summed E-state index contributed by atoms with van der Waals surface area (Å²) in [5, 5.41) is 9.93. The van der Waals surface area contributed by atoms with Crippen LogP contribution in [0, 0.1) is 6.92 Å². The molecule has 1 heterocycles. The summed E-state index contributed by atoms with van der Waals surface area (Å²) in [6.07, 6.45) is 0.0290. The third-order valence-corrected chi connectivity index (χ3v) is 2.80. The van der Waals surface area contributed by atoms with Gasteiger partial charge in [0, 0.05) is 5.56 Å². The Morgan fingerprint density at radius 1 is 1.38 bits per heavy atom. The Bertz CT molecular complexity index is 379. The van der Waals surface area contributed by atoms with Crippen molar-refractivity contribution in [3.63, 3.8) is 0 Å². The van der Waals surface area contributed by atoms with Crippen LogP contribution in [0.2, 0.25) is 0 Å². The summed E-state index contributed by atoms with van der Waals surface area (Å²) in [5.74, 6) is 1.51. The van der Waals surface area contributed by atoms with Crippen molar-refractivity contribution < 1.29 is 14.6 Å². The van der Waals surface area contributed by atoms with Crippen LogP contribution in [0.15, 0.2) is 12.1 Å². The second-order valence-electron chi connectivity index (χ2n) is 3.90. The molecular weight excluding hydrogens is 206 g/mol. The van der Waals surface area contributed by atoms with Gasteiger partial charge in [-0.1, -0.05) is 6.07 Å². The van der Waals surface area contributed by atoms with Gasteiger partial charge in [0.05, 0.1) is 6.10 Å². The van der Waals surface area contributed by atoms with Crippen LogP contribution >= 0.6 is 0 Å². The van der Waals surface area contributed by atoms with E-state index in [1.165, 1.54) is 0 Å². The predicted molar refractivity (Wildman–Crippen MR) is 60.8 cm³/mol. The monoisotopic (exact) mass is 223 g/mol. The highest BCUT2D eigenvalue weighted by atomic mass is 16.6. The van der Waals surface area contributed by atoms with Gasteiger partial charge in [-0.15, -0.1) is 0 Å². The Morgan fingerprint density at radius 2 is 2.12 bits per heavy atom. The van der Waals surface area contributed by atoms with Crippen LogP contribution in [0.4, 0.5) is 0 Å². The van der Waals surface area contributed by atoms with E-state index in [1.54, 1.807) is 0 Å². The Morgan fingerprint density at radius 3 is 2.88 bits per heavy atom. The second kappa shape index (κ2) is 4.72. The number of nitrogens with two attached hydrogens (primary N) is 1. The van der Waals surface area contributed by atoms with Gasteiger partial charge in [-0.2, -0.15) is 0 Å². The number of hydrogen-bond donors (Lipinski definition) is 2. The fraction of sp³-hybridized carbons (Fsp3) is 0.500. The molecule has 3 N–H and O–H groups in total. The molecular formula is C12H17NO3. The second-order valence-corrected chi connectivity index (χ2v) is 3.90. The number of ether oxygens (including phenoxy) is 2. The van der Waals surface area contributed by atoms with Gasteiger partial charge in [0.15, 0.2) is 11.5 Å². The van der Waals surface area contributed by atoms with Gasteiger partial charge < -0.3 is 20.3 Å². The van der Waals surface area contributed by atoms with E-state index in [2.05, 4.69) is 0 Å². The minimum atomic E-state index is -0.527. The van der Waals surface area contributed by atoms with Crippen molar-refractivity contribution in [1.82, 2.24) is 0 Å². The smallest absolute Gasteiger partial charge is 0.164 e. The highest BCUT2D eigenvalue weighted by Crippen LogP contribution is 2.37. The lowest BCUT2D eigenvalue weighted by Crippen LogP contribution is -2.17. The summed E-state index contributed by atoms with van der Waals surface area (Å²) in [5.41, 5.74) is 7.25. The summed E-state index contributed by atoms with van der Waals surface area (Å²) >= 11 is 0. The summed E-state index contributed by atoms with van der Waals surface area (Å²) in [6, 6.07) is 3.72. The number of benzene rings is 1. The topological polar surface area (TPSA) is 64.7 Å². The molecule has 0 bridgehead atoms. The standard InChI is InChI=1S/C12H17NO3/c1-8-9(10(14)4-5-13)2-3-11-12(8)16-7-6-15-11/h2-3,10,14H,4-7,13H2,1H3. The molecule has 4 heteroatoms. The molecule has 88 valence electrons. The van der Waals surface area contributed by atoms with E-state index in [9.17, 15) is 5.11 Å². The van der Waals surface area contributed by atoms with Crippen molar-refractivity contribution >= 4 is 0 Å². The van der Waals surface area contributed by atoms with Crippen molar-refractivity contribution in [1.29, 1.82) is 0 Å². The molecule has 4 nitrogen and oxygen atoms in total. The van der Waals surface area contributed by atoms with Gasteiger partial charge in [-0.3, -0.25) is 0 Å². The summed E-state index contributed by atoms with van der Waals surface area (Å²) in [7, 11) is 0. The van der Waals surface area contributed by atoms with E-state index < -0.39 is 6.10 Å². The van der Waals surface area contributed by atoms with E-state index in [-0.39, 0.29) is 0 Å². The molecule has 1 atom stereocenters. The first kappa shape index (κ1) is 11.2. The van der Waals surface area contributed by atoms with E-state index >= 15 is 0 Å². The van der Waals surface area contributed by atoms with Crippen LogP contribution in [-0.2, 0) is 0 Å². The molecule has 0 spiro atoms. The van der Waals surface area contributed by atoms with E-state index in [1.807, 2.05) is 19.1 Å². The normalized spacial score (nSPS) is 15.9. The van der Waals surface area contributed by atoms with E-state index in [0.29, 0.717) is 26.2 Å². The molecule has 0 saturated carbocycles. The minimum Gasteiger partial charge on any atom is -0.486 e. The zero-order valence-corrected chi connectivity index (χ0v) is 9.40. The molecule has 0 saturated heterocycles. The molecule has 1 aromatic carbocycles. The van der Waals surface area contributed by atoms with Gasteiger partial charge in [0.25, 0.3) is 0 Å². The molecule has 0 fully saturated rings. The number of fused-ring (bicyclic) bond motifs is 1. The van der Waals surface area contributed by atoms with Crippen LogP contribution in [-0.4, -0.2) is 24.9 Å². The van der Waals surface area contributed by atoms with Crippen molar-refractivity contribution in [2.75, 3.05) is 19.8 Å². The first-order valence-electron chi connectivity index (χ1n) is 5.51. The number of aliphatic hydroxyl groups is 1. The molecule has 0 radical (unpaired) electrons. The van der Waals surface area contributed by atoms with Crippen LogP contribution in [0.3, 0.4) is 0 Å². The zero-order chi connectivity index (χ0) is 11.5. The molecule has 1 unspecified atom stereocenters. The molecule has 0 aliphatic carbocycles. The highest BCUT2D eigenvalue weighted by Gasteiger charge is 2.19. The van der Waals surface area contributed by atoms with Crippen LogP contribution in [0.5, 0.6) is 11.5 Å². The first-order valence-corrected chi connectivity index (χ1v) is 5.51. The lowest BCUT2D eigenvalue weighted by molar-refractivity contribution is 0.159. The molecule has 16 heavy (non-hydrogen) atoms. The van der Waals surface area contributed by atoms with Crippen molar-refractivity contribution in [3.05, 3.63) is 23.3 Å². The molecule has 1 aromatic rings. The van der Waals surface area contributed by atoms with Gasteiger partial charge in [0.2, 0.25) is 0 Å². The summed E-state index contributed by atoms with van der Waals surface area (Å²) < 4.78 is 11.0. The summed E-state index contributed by atoms with van der Waals surface area (Å²) in [6.45, 7) is 3.54. The lowest BCUT2D eigenvalue weighted by Gasteiger charge is -2.23. The van der Waals surface area contributed by atoms with Crippen LogP contribution in [0.1, 0.15) is 23.7 Å². The molecule has 1 aliphatic rings. The predicted octanol–water partition coefficient (Wildman–Crippen LogP) is 1.15. The average molecular weight is 223 g/mol. The molecule has 2 rings (SSSR count). The van der Waals surface area contributed by atoms with Gasteiger partial charge in [-0.05, 0) is 31.5 Å². The maximum absolute atomic E-state index is 9.93. The summed E-state index contributed by atoms with van der Waals surface area (Å²) in [4.78, 5) is 0. The Labute approximate surface area is 95.0 Å². The maximum Gasteiger partial charge on any atom is 0.164 e. The molecule has 1 aliphatic heterocycles. The van der Waals surface area contributed by atoms with Crippen LogP contribution in [0.25, 0.3) is 0 Å². The largest absolute Gasteiger partial charge is 0.486 e. The number of hydrogen-bond acceptors (Lipinski definition) is 4. The number of rotatable bonds is 3.